The molecule has 0 aliphatic heterocycles. The maximum Gasteiger partial charge on any atom is 0.154 e. The summed E-state index contributed by atoms with van der Waals surface area (Å²) in [5.74, 6) is 1.80. The molecular formula is C31H49N3. The van der Waals surface area contributed by atoms with Gasteiger partial charge >= 0.3 is 0 Å². The molecule has 1 aromatic heterocycles. The van der Waals surface area contributed by atoms with Crippen molar-refractivity contribution in [3.63, 3.8) is 0 Å². The number of hydrogen-bond acceptors (Lipinski definition) is 3. The maximum atomic E-state index is 5.00. The van der Waals surface area contributed by atoms with E-state index in [1.807, 2.05) is 27.7 Å². The zero-order valence-electron chi connectivity index (χ0n) is 23.4. The molecule has 3 nitrogen and oxygen atoms in total. The van der Waals surface area contributed by atoms with Crippen molar-refractivity contribution in [2.45, 2.75) is 99.8 Å². The molecule has 34 heavy (non-hydrogen) atoms. The Balaban J connectivity index is 0.00000137. The first-order valence-corrected chi connectivity index (χ1v) is 13.4. The number of rotatable bonds is 8. The molecule has 0 amide bonds. The number of benzene rings is 1. The Morgan fingerprint density at radius 2 is 1.56 bits per heavy atom. The van der Waals surface area contributed by atoms with Crippen LogP contribution in [0.25, 0.3) is 0 Å². The predicted molar refractivity (Wildman–Crippen MR) is 153 cm³/mol. The van der Waals surface area contributed by atoms with Gasteiger partial charge in [0, 0.05) is 17.1 Å². The predicted octanol–water partition coefficient (Wildman–Crippen LogP) is 9.97. The van der Waals surface area contributed by atoms with Crippen molar-refractivity contribution in [3.05, 3.63) is 71.6 Å². The van der Waals surface area contributed by atoms with Crippen molar-refractivity contribution in [2.75, 3.05) is 10.6 Å². The van der Waals surface area contributed by atoms with E-state index < -0.39 is 0 Å². The quantitative estimate of drug-likeness (QED) is 0.409. The third-order valence-corrected chi connectivity index (χ3v) is 6.59. The average molecular weight is 464 g/mol. The molecule has 3 rings (SSSR count). The topological polar surface area (TPSA) is 37.0 Å². The van der Waals surface area contributed by atoms with Gasteiger partial charge in [-0.05, 0) is 66.4 Å². The lowest BCUT2D eigenvalue weighted by molar-refractivity contribution is 0.327. The minimum atomic E-state index is 0.0987. The number of aromatic nitrogens is 1. The fourth-order valence-electron chi connectivity index (χ4n) is 3.98. The molecule has 0 radical (unpaired) electrons. The van der Waals surface area contributed by atoms with Crippen LogP contribution in [0.4, 0.5) is 17.2 Å². The van der Waals surface area contributed by atoms with E-state index in [4.69, 9.17) is 4.98 Å². The maximum absolute atomic E-state index is 5.00. The second-order valence-corrected chi connectivity index (χ2v) is 9.15. The fraction of sp³-hybridized carbons (Fsp3) is 0.516. The molecule has 2 N–H and O–H groups in total. The van der Waals surface area contributed by atoms with Crippen LogP contribution in [0.2, 0.25) is 0 Å². The highest BCUT2D eigenvalue weighted by Gasteiger charge is 2.30. The van der Waals surface area contributed by atoms with Crippen LogP contribution in [-0.2, 0) is 5.41 Å². The summed E-state index contributed by atoms with van der Waals surface area (Å²) >= 11 is 0. The molecule has 0 saturated heterocycles. The Labute approximate surface area is 210 Å². The number of hydrogen-bond donors (Lipinski definition) is 2. The highest BCUT2D eigenvalue weighted by Crippen LogP contribution is 2.40. The number of para-hydroxylation sites is 1. The zero-order chi connectivity index (χ0) is 25.7. The molecule has 2 aromatic rings. The molecule has 1 atom stereocenters. The molecule has 0 saturated carbocycles. The minimum absolute atomic E-state index is 0.0987. The van der Waals surface area contributed by atoms with E-state index in [0.717, 1.165) is 47.8 Å². The molecule has 1 aliphatic carbocycles. The first kappa shape index (κ1) is 29.5. The number of nitrogens with one attached hydrogen (secondary N) is 2. The standard InChI is InChI=1S/C27H37N3.2C2H6/c1-7-27(6,20(4)5)22-15-11-12-16-24(22)30-26-25(18-17-23(29-26)19(2)3)28-21-13-9-8-10-14-21;2*1-2/h9,11-20,28H,7-8,10H2,1-6H3,(H,29,30);2*1-2H3. The van der Waals surface area contributed by atoms with Crippen LogP contribution in [-0.4, -0.2) is 4.98 Å². The van der Waals surface area contributed by atoms with Gasteiger partial charge in [-0.25, -0.2) is 4.98 Å². The number of pyridine rings is 1. The minimum Gasteiger partial charge on any atom is -0.353 e. The van der Waals surface area contributed by atoms with Gasteiger partial charge in [0.25, 0.3) is 0 Å². The first-order chi connectivity index (χ1) is 16.3. The van der Waals surface area contributed by atoms with Gasteiger partial charge in [-0.3, -0.25) is 0 Å². The molecule has 0 spiro atoms. The van der Waals surface area contributed by atoms with Crippen molar-refractivity contribution in [1.82, 2.24) is 4.98 Å². The van der Waals surface area contributed by atoms with Crippen LogP contribution in [0.5, 0.6) is 0 Å². The highest BCUT2D eigenvalue weighted by atomic mass is 15.1. The lowest BCUT2D eigenvalue weighted by Gasteiger charge is -2.35. The van der Waals surface area contributed by atoms with Crippen LogP contribution in [0.3, 0.4) is 0 Å². The van der Waals surface area contributed by atoms with E-state index in [1.165, 1.54) is 5.56 Å². The Kier molecular flexibility index (Phi) is 12.7. The van der Waals surface area contributed by atoms with Crippen LogP contribution >= 0.6 is 0 Å². The Morgan fingerprint density at radius 1 is 0.882 bits per heavy atom. The summed E-state index contributed by atoms with van der Waals surface area (Å²) < 4.78 is 0. The van der Waals surface area contributed by atoms with Gasteiger partial charge in [-0.1, -0.05) is 99.6 Å². The monoisotopic (exact) mass is 463 g/mol. The van der Waals surface area contributed by atoms with Crippen LogP contribution in [0, 0.1) is 5.92 Å². The van der Waals surface area contributed by atoms with Crippen LogP contribution in [0.1, 0.15) is 106 Å². The Bertz CT molecular complexity index is 924. The second-order valence-electron chi connectivity index (χ2n) is 9.15. The number of nitrogens with zero attached hydrogens (tertiary/aromatic N) is 1. The summed E-state index contributed by atoms with van der Waals surface area (Å²) in [5.41, 5.74) is 5.83. The van der Waals surface area contributed by atoms with Crippen molar-refractivity contribution >= 4 is 17.2 Å². The summed E-state index contributed by atoms with van der Waals surface area (Å²) in [5, 5.41) is 7.28. The lowest BCUT2D eigenvalue weighted by atomic mass is 9.71. The van der Waals surface area contributed by atoms with E-state index in [0.29, 0.717) is 11.8 Å². The van der Waals surface area contributed by atoms with E-state index in [-0.39, 0.29) is 5.41 Å². The third-order valence-electron chi connectivity index (χ3n) is 6.59. The van der Waals surface area contributed by atoms with E-state index in [9.17, 15) is 0 Å². The second kappa shape index (κ2) is 14.7. The van der Waals surface area contributed by atoms with Crippen molar-refractivity contribution < 1.29 is 0 Å². The zero-order valence-corrected chi connectivity index (χ0v) is 23.4. The van der Waals surface area contributed by atoms with Crippen molar-refractivity contribution in [3.8, 4) is 0 Å². The van der Waals surface area contributed by atoms with Gasteiger partial charge < -0.3 is 10.6 Å². The molecule has 1 heterocycles. The van der Waals surface area contributed by atoms with E-state index in [2.05, 4.69) is 107 Å². The van der Waals surface area contributed by atoms with Gasteiger partial charge in [0.15, 0.2) is 5.82 Å². The lowest BCUT2D eigenvalue weighted by Crippen LogP contribution is -2.28. The largest absolute Gasteiger partial charge is 0.353 e. The van der Waals surface area contributed by atoms with Crippen molar-refractivity contribution in [2.24, 2.45) is 5.92 Å². The molecular weight excluding hydrogens is 414 g/mol. The van der Waals surface area contributed by atoms with Crippen LogP contribution < -0.4 is 10.6 Å². The summed E-state index contributed by atoms with van der Waals surface area (Å²) in [4.78, 5) is 5.00. The fourth-order valence-corrected chi connectivity index (χ4v) is 3.98. The molecule has 1 aliphatic rings. The molecule has 1 aromatic carbocycles. The Morgan fingerprint density at radius 3 is 2.12 bits per heavy atom. The summed E-state index contributed by atoms with van der Waals surface area (Å²) in [7, 11) is 0. The summed E-state index contributed by atoms with van der Waals surface area (Å²) in [6.07, 6.45) is 9.90. The molecule has 3 heteroatoms. The van der Waals surface area contributed by atoms with Gasteiger partial charge in [0.05, 0.1) is 5.69 Å². The average Bonchev–Trinajstić information content (AvgIpc) is 2.87. The number of allylic oxidation sites excluding steroid dienone is 3. The molecule has 188 valence electrons. The summed E-state index contributed by atoms with van der Waals surface area (Å²) in [6, 6.07) is 13.0. The normalized spacial score (nSPS) is 14.3. The van der Waals surface area contributed by atoms with Gasteiger partial charge in [-0.15, -0.1) is 0 Å². The third kappa shape index (κ3) is 7.48. The van der Waals surface area contributed by atoms with Gasteiger partial charge in [0.2, 0.25) is 0 Å². The smallest absolute Gasteiger partial charge is 0.154 e. The highest BCUT2D eigenvalue weighted by molar-refractivity contribution is 5.75. The molecule has 0 bridgehead atoms. The van der Waals surface area contributed by atoms with E-state index >= 15 is 0 Å². The van der Waals surface area contributed by atoms with E-state index in [1.54, 1.807) is 0 Å². The molecule has 0 fully saturated rings. The van der Waals surface area contributed by atoms with Crippen molar-refractivity contribution in [1.29, 1.82) is 0 Å². The first-order valence-electron chi connectivity index (χ1n) is 13.4. The Hall–Kier alpha value is -2.55. The van der Waals surface area contributed by atoms with Gasteiger partial charge in [0.1, 0.15) is 0 Å². The number of anilines is 3. The van der Waals surface area contributed by atoms with Gasteiger partial charge in [-0.2, -0.15) is 0 Å². The van der Waals surface area contributed by atoms with Crippen LogP contribution in [0.15, 0.2) is 60.3 Å². The molecule has 1 unspecified atom stereocenters. The SMILES string of the molecule is CC.CC.CCC(C)(c1ccccc1Nc1nc(C(C)C)ccc1NC1=CCCC=C1)C(C)C. The summed E-state index contributed by atoms with van der Waals surface area (Å²) in [6.45, 7) is 21.6.